The summed E-state index contributed by atoms with van der Waals surface area (Å²) < 4.78 is 20.2. The molecule has 0 amide bonds. The van der Waals surface area contributed by atoms with Crippen LogP contribution >= 0.6 is 0 Å². The molecule has 3 aromatic heterocycles. The molecule has 0 radical (unpaired) electrons. The van der Waals surface area contributed by atoms with E-state index in [0.29, 0.717) is 0 Å². The van der Waals surface area contributed by atoms with Gasteiger partial charge in [-0.3, -0.25) is 0 Å². The van der Waals surface area contributed by atoms with Gasteiger partial charge in [0.15, 0.2) is 16.7 Å². The fourth-order valence-electron chi connectivity index (χ4n) is 21.1. The standard InChI is InChI=1S/C48H31NO.2C44H29NO/c1-3-11-36-29-38(19-17-32(36)9-1)34-21-25-41(26-22-34)49(42-27-23-35(24-28-42)39-20-18-33-10-2-4-12-37(33)30-39)45-31-40-13-5-6-14-43(40)47-44-15-7-8-16-46(44)50-48(45)47;1-2-11-30(12-3-1)31-21-25-35(26-22-31)45(36-27-23-33(24-28-36)38-19-10-15-32-13-4-6-16-37(32)38)41-29-34-14-5-7-17-39(34)43-40-18-8-9-20-42(40)46-44(41)43;1-2-10-30(11-3-1)32-20-24-37(25-21-32)45(38-26-22-33(23-27-38)35-19-18-31-12-4-5-13-34(31)28-35)41-29-36-14-6-7-15-39(36)43-40-16-8-9-17-42(40)46-44(41)43/h1-31H;2*1-29H. The number of hydrogen-bond donors (Lipinski definition) is 0. The van der Waals surface area contributed by atoms with Gasteiger partial charge in [0.05, 0.1) is 17.1 Å². The summed E-state index contributed by atoms with van der Waals surface area (Å²) in [6.45, 7) is 0. The van der Waals surface area contributed by atoms with Gasteiger partial charge in [-0.15, -0.1) is 0 Å². The highest BCUT2D eigenvalue weighted by Gasteiger charge is 2.28. The van der Waals surface area contributed by atoms with Crippen LogP contribution in [0.5, 0.6) is 0 Å². The van der Waals surface area contributed by atoms with E-state index in [1.165, 1.54) is 142 Å². The van der Waals surface area contributed by atoms with Gasteiger partial charge in [-0.05, 0) is 270 Å². The predicted octanol–water partition coefficient (Wildman–Crippen LogP) is 39.2. The number of fused-ring (bicyclic) bond motifs is 19. The molecule has 0 aliphatic heterocycles. The van der Waals surface area contributed by atoms with Crippen LogP contribution in [0.25, 0.3) is 208 Å². The van der Waals surface area contributed by atoms with Crippen LogP contribution in [0.15, 0.2) is 553 Å². The Kier molecular flexibility index (Phi) is 21.2. The maximum atomic E-state index is 6.74. The van der Waals surface area contributed by atoms with Crippen LogP contribution < -0.4 is 14.7 Å². The van der Waals surface area contributed by atoms with Crippen molar-refractivity contribution in [3.8, 4) is 66.8 Å². The van der Waals surface area contributed by atoms with Crippen molar-refractivity contribution >= 4 is 192 Å². The van der Waals surface area contributed by atoms with Crippen molar-refractivity contribution in [3.05, 3.63) is 540 Å². The first-order chi connectivity index (χ1) is 70.4. The summed E-state index contributed by atoms with van der Waals surface area (Å²) in [5.74, 6) is 0. The van der Waals surface area contributed by atoms with Gasteiger partial charge in [0.2, 0.25) is 0 Å². The lowest BCUT2D eigenvalue weighted by atomic mass is 9.97. The number of benzene rings is 25. The smallest absolute Gasteiger partial charge is 0.160 e. The van der Waals surface area contributed by atoms with E-state index in [0.717, 1.165) is 117 Å². The zero-order valence-electron chi connectivity index (χ0n) is 77.5. The Bertz CT molecular complexity index is 9510. The van der Waals surface area contributed by atoms with Crippen LogP contribution in [0.3, 0.4) is 0 Å². The number of rotatable bonds is 15. The monoisotopic (exact) mass is 1810 g/mol. The number of nitrogens with zero attached hydrogens (tertiary/aromatic N) is 3. The molecule has 142 heavy (non-hydrogen) atoms. The number of hydrogen-bond acceptors (Lipinski definition) is 6. The van der Waals surface area contributed by atoms with Crippen molar-refractivity contribution in [3.63, 3.8) is 0 Å². The summed E-state index contributed by atoms with van der Waals surface area (Å²) in [4.78, 5) is 7.00. The zero-order valence-corrected chi connectivity index (χ0v) is 77.5. The molecule has 0 spiro atoms. The Labute approximate surface area is 821 Å². The summed E-state index contributed by atoms with van der Waals surface area (Å²) in [6, 6.07) is 193. The third-order valence-electron chi connectivity index (χ3n) is 28.1. The zero-order chi connectivity index (χ0) is 93.9. The van der Waals surface area contributed by atoms with Gasteiger partial charge in [0.1, 0.15) is 16.7 Å². The van der Waals surface area contributed by atoms with Crippen molar-refractivity contribution in [1.29, 1.82) is 0 Å². The molecule has 0 atom stereocenters. The molecule has 0 saturated carbocycles. The van der Waals surface area contributed by atoms with Gasteiger partial charge >= 0.3 is 0 Å². The molecular formula is C136H89N3O3. The highest BCUT2D eigenvalue weighted by atomic mass is 16.3. The molecule has 6 heteroatoms. The molecule has 0 fully saturated rings. The first-order valence-electron chi connectivity index (χ1n) is 48.5. The molecule has 0 saturated heterocycles. The maximum Gasteiger partial charge on any atom is 0.160 e. The first kappa shape index (κ1) is 83.7. The van der Waals surface area contributed by atoms with Crippen molar-refractivity contribution in [1.82, 2.24) is 0 Å². The normalized spacial score (nSPS) is 11.5. The second-order valence-corrected chi connectivity index (χ2v) is 36.5. The molecular weight excluding hydrogens is 1720 g/mol. The van der Waals surface area contributed by atoms with Gasteiger partial charge in [0, 0.05) is 66.4 Å². The van der Waals surface area contributed by atoms with E-state index in [-0.39, 0.29) is 0 Å². The Balaban J connectivity index is 0.000000109. The van der Waals surface area contributed by atoms with Crippen molar-refractivity contribution in [2.24, 2.45) is 0 Å². The molecule has 0 bridgehead atoms. The van der Waals surface area contributed by atoms with Gasteiger partial charge < -0.3 is 28.0 Å². The number of furan rings is 3. The fraction of sp³-hybridized carbons (Fsp3) is 0. The summed E-state index contributed by atoms with van der Waals surface area (Å²) in [5, 5.41) is 23.9. The maximum absolute atomic E-state index is 6.74. The van der Waals surface area contributed by atoms with Crippen LogP contribution in [0.2, 0.25) is 0 Å². The highest BCUT2D eigenvalue weighted by Crippen LogP contribution is 2.52. The van der Waals surface area contributed by atoms with E-state index in [1.54, 1.807) is 0 Å². The molecule has 0 aliphatic carbocycles. The van der Waals surface area contributed by atoms with E-state index >= 15 is 0 Å². The van der Waals surface area contributed by atoms with Gasteiger partial charge in [-0.25, -0.2) is 0 Å². The minimum Gasteiger partial charge on any atom is -0.454 e. The van der Waals surface area contributed by atoms with Gasteiger partial charge in [-0.1, -0.05) is 413 Å². The first-order valence-corrected chi connectivity index (χ1v) is 48.5. The van der Waals surface area contributed by atoms with Crippen molar-refractivity contribution in [2.45, 2.75) is 0 Å². The third kappa shape index (κ3) is 15.5. The summed E-state index contributed by atoms with van der Waals surface area (Å²) in [6.07, 6.45) is 0. The Morgan fingerprint density at radius 1 is 0.127 bits per heavy atom. The molecule has 3 heterocycles. The summed E-state index contributed by atoms with van der Waals surface area (Å²) >= 11 is 0. The topological polar surface area (TPSA) is 49.1 Å². The van der Waals surface area contributed by atoms with E-state index < -0.39 is 0 Å². The minimum atomic E-state index is 0.877. The average molecular weight is 1810 g/mol. The predicted molar refractivity (Wildman–Crippen MR) is 600 cm³/mol. The Hall–Kier alpha value is -18.9. The summed E-state index contributed by atoms with van der Waals surface area (Å²) in [7, 11) is 0. The second-order valence-electron chi connectivity index (χ2n) is 36.5. The van der Waals surface area contributed by atoms with Crippen LogP contribution in [0, 0.1) is 0 Å². The largest absolute Gasteiger partial charge is 0.454 e. The molecule has 666 valence electrons. The van der Waals surface area contributed by atoms with Crippen LogP contribution in [0.1, 0.15) is 0 Å². The second kappa shape index (κ2) is 36.0. The SMILES string of the molecule is c1ccc(-c2ccc(N(c3ccc(-c4ccc5ccccc5c4)cc3)c3cc4ccccc4c4c3oc3ccccc34)cc2)cc1.c1ccc(-c2ccc(N(c3ccc(-c4cccc5ccccc45)cc3)c3cc4ccccc4c4c3oc3ccccc34)cc2)cc1.c1ccc2cc(-c3ccc(N(c4ccc(-c5ccc6ccccc6c5)cc4)c4cc5ccccc5c5c4oc4ccccc45)cc3)ccc2c1. The van der Waals surface area contributed by atoms with Crippen molar-refractivity contribution in [2.75, 3.05) is 14.7 Å². The Morgan fingerprint density at radius 2 is 0.345 bits per heavy atom. The minimum absolute atomic E-state index is 0.877. The molecule has 0 aliphatic rings. The van der Waals surface area contributed by atoms with Gasteiger partial charge in [-0.2, -0.15) is 0 Å². The quantitative estimate of drug-likeness (QED) is 0.102. The highest BCUT2D eigenvalue weighted by molar-refractivity contribution is 6.26. The average Bonchev–Trinajstić information content (AvgIpc) is 1.56. The fourth-order valence-corrected chi connectivity index (χ4v) is 21.1. The lowest BCUT2D eigenvalue weighted by molar-refractivity contribution is 0.669. The van der Waals surface area contributed by atoms with Crippen LogP contribution in [-0.4, -0.2) is 0 Å². The lowest BCUT2D eigenvalue weighted by Gasteiger charge is -2.26. The van der Waals surface area contributed by atoms with Gasteiger partial charge in [0.25, 0.3) is 0 Å². The molecule has 6 nitrogen and oxygen atoms in total. The molecule has 0 unspecified atom stereocenters. The Morgan fingerprint density at radius 3 is 0.655 bits per heavy atom. The van der Waals surface area contributed by atoms with E-state index in [1.807, 2.05) is 18.2 Å². The number of anilines is 9. The number of para-hydroxylation sites is 3. The molecule has 0 N–H and O–H groups in total. The van der Waals surface area contributed by atoms with Crippen molar-refractivity contribution < 1.29 is 13.3 Å². The van der Waals surface area contributed by atoms with E-state index in [9.17, 15) is 0 Å². The van der Waals surface area contributed by atoms with Crippen LogP contribution in [0.4, 0.5) is 51.2 Å². The summed E-state index contributed by atoms with van der Waals surface area (Å²) in [5.41, 5.74) is 29.0. The van der Waals surface area contributed by atoms with Crippen LogP contribution in [-0.2, 0) is 0 Å². The molecule has 25 aromatic carbocycles. The van der Waals surface area contributed by atoms with E-state index in [4.69, 9.17) is 13.3 Å². The molecule has 28 rings (SSSR count). The van der Waals surface area contributed by atoms with E-state index in [2.05, 4.69) is 536 Å². The lowest BCUT2D eigenvalue weighted by Crippen LogP contribution is -2.10. The molecule has 28 aromatic rings. The third-order valence-corrected chi connectivity index (χ3v) is 28.1.